The number of nitrogens with zero attached hydrogens (tertiary/aromatic N) is 1. The molecule has 5 heteroatoms. The highest BCUT2D eigenvalue weighted by molar-refractivity contribution is 5.81. The summed E-state index contributed by atoms with van der Waals surface area (Å²) in [6.45, 7) is 11.1. The third-order valence-corrected chi connectivity index (χ3v) is 3.32. The van der Waals surface area contributed by atoms with Gasteiger partial charge in [0.25, 0.3) is 0 Å². The van der Waals surface area contributed by atoms with Gasteiger partial charge in [-0.2, -0.15) is 0 Å². The highest BCUT2D eigenvalue weighted by Gasteiger charge is 2.32. The Hall–Kier alpha value is -1.26. The zero-order chi connectivity index (χ0) is 14.6. The van der Waals surface area contributed by atoms with Gasteiger partial charge in [0.1, 0.15) is 6.54 Å². The van der Waals surface area contributed by atoms with E-state index in [0.29, 0.717) is 0 Å². The van der Waals surface area contributed by atoms with Crippen molar-refractivity contribution in [1.82, 2.24) is 10.2 Å². The van der Waals surface area contributed by atoms with Gasteiger partial charge < -0.3 is 15.3 Å². The number of nitrogens with one attached hydrogen (secondary N) is 1. The lowest BCUT2D eigenvalue weighted by atomic mass is 9.95. The molecule has 0 aromatic carbocycles. The quantitative estimate of drug-likeness (QED) is 0.795. The number of hydrogen-bond acceptors (Lipinski definition) is 2. The first kappa shape index (κ1) is 16.7. The van der Waals surface area contributed by atoms with E-state index in [1.54, 1.807) is 0 Å². The van der Waals surface area contributed by atoms with Gasteiger partial charge in [0.2, 0.25) is 0 Å². The number of carboxylic acid groups (broad SMARTS) is 1. The molecule has 0 atom stereocenters. The molecule has 0 aliphatic rings. The Labute approximate surface area is 110 Å². The first-order chi connectivity index (χ1) is 8.05. The Morgan fingerprint density at radius 3 is 1.83 bits per heavy atom. The number of amides is 2. The second-order valence-corrected chi connectivity index (χ2v) is 5.85. The van der Waals surface area contributed by atoms with Crippen molar-refractivity contribution < 1.29 is 14.7 Å². The van der Waals surface area contributed by atoms with Crippen molar-refractivity contribution in [3.8, 4) is 0 Å². The summed E-state index contributed by atoms with van der Waals surface area (Å²) in [5, 5.41) is 11.8. The van der Waals surface area contributed by atoms with Crippen LogP contribution < -0.4 is 5.32 Å². The van der Waals surface area contributed by atoms with Gasteiger partial charge in [-0.3, -0.25) is 4.79 Å². The van der Waals surface area contributed by atoms with Crippen LogP contribution in [0, 0.1) is 0 Å². The zero-order valence-corrected chi connectivity index (χ0v) is 12.3. The smallest absolute Gasteiger partial charge is 0.323 e. The number of urea groups is 1. The standard InChI is InChI=1S/C13H26N2O3/c1-7-13(6,8-2)14-11(18)15(9-10(16)17)12(3,4)5/h7-9H2,1-6H3,(H,14,18)(H,16,17). The maximum absolute atomic E-state index is 12.2. The predicted molar refractivity (Wildman–Crippen MR) is 71.6 cm³/mol. The number of aliphatic carboxylic acids is 1. The van der Waals surface area contributed by atoms with Crippen LogP contribution in [0.25, 0.3) is 0 Å². The van der Waals surface area contributed by atoms with Crippen LogP contribution >= 0.6 is 0 Å². The molecule has 0 saturated heterocycles. The second-order valence-electron chi connectivity index (χ2n) is 5.85. The fraction of sp³-hybridized carbons (Fsp3) is 0.846. The Kier molecular flexibility index (Phi) is 5.64. The van der Waals surface area contributed by atoms with Crippen molar-refractivity contribution in [3.63, 3.8) is 0 Å². The largest absolute Gasteiger partial charge is 0.480 e. The van der Waals surface area contributed by atoms with Crippen LogP contribution in [0.1, 0.15) is 54.4 Å². The number of carbonyl (C=O) groups is 2. The lowest BCUT2D eigenvalue weighted by Crippen LogP contribution is -2.57. The van der Waals surface area contributed by atoms with Crippen LogP contribution in [0.15, 0.2) is 0 Å². The van der Waals surface area contributed by atoms with E-state index in [1.807, 2.05) is 41.5 Å². The van der Waals surface area contributed by atoms with E-state index in [4.69, 9.17) is 5.11 Å². The molecule has 0 heterocycles. The predicted octanol–water partition coefficient (Wildman–Crippen LogP) is 2.46. The van der Waals surface area contributed by atoms with E-state index in [1.165, 1.54) is 4.90 Å². The van der Waals surface area contributed by atoms with Crippen molar-refractivity contribution in [3.05, 3.63) is 0 Å². The average molecular weight is 258 g/mol. The van der Waals surface area contributed by atoms with Crippen LogP contribution in [0.3, 0.4) is 0 Å². The highest BCUT2D eigenvalue weighted by Crippen LogP contribution is 2.18. The fourth-order valence-corrected chi connectivity index (χ4v) is 1.50. The van der Waals surface area contributed by atoms with E-state index >= 15 is 0 Å². The Balaban J connectivity index is 4.93. The molecule has 18 heavy (non-hydrogen) atoms. The summed E-state index contributed by atoms with van der Waals surface area (Å²) in [6.07, 6.45) is 1.61. The Morgan fingerprint density at radius 2 is 1.56 bits per heavy atom. The molecule has 2 amide bonds. The third-order valence-electron chi connectivity index (χ3n) is 3.32. The number of rotatable bonds is 5. The SMILES string of the molecule is CCC(C)(CC)NC(=O)N(CC(=O)O)C(C)(C)C. The molecule has 0 saturated carbocycles. The summed E-state index contributed by atoms with van der Waals surface area (Å²) in [5.41, 5.74) is -0.816. The number of carbonyl (C=O) groups excluding carboxylic acids is 1. The molecular formula is C13H26N2O3. The topological polar surface area (TPSA) is 69.6 Å². The first-order valence-corrected chi connectivity index (χ1v) is 6.37. The lowest BCUT2D eigenvalue weighted by molar-refractivity contribution is -0.138. The minimum Gasteiger partial charge on any atom is -0.480 e. The first-order valence-electron chi connectivity index (χ1n) is 6.37. The van der Waals surface area contributed by atoms with Crippen molar-refractivity contribution in [2.45, 2.75) is 65.5 Å². The third kappa shape index (κ3) is 4.94. The van der Waals surface area contributed by atoms with E-state index in [0.717, 1.165) is 12.8 Å². The molecule has 5 nitrogen and oxygen atoms in total. The van der Waals surface area contributed by atoms with Gasteiger partial charge in [-0.05, 0) is 40.5 Å². The summed E-state index contributed by atoms with van der Waals surface area (Å²) in [4.78, 5) is 24.4. The highest BCUT2D eigenvalue weighted by atomic mass is 16.4. The molecule has 2 N–H and O–H groups in total. The molecule has 0 unspecified atom stereocenters. The summed E-state index contributed by atoms with van der Waals surface area (Å²) in [6, 6.07) is -0.323. The minimum atomic E-state index is -1.00. The van der Waals surface area contributed by atoms with Gasteiger partial charge in [0, 0.05) is 11.1 Å². The normalized spacial score (nSPS) is 12.1. The Bertz CT molecular complexity index is 304. The lowest BCUT2D eigenvalue weighted by Gasteiger charge is -2.38. The van der Waals surface area contributed by atoms with Gasteiger partial charge in [0.05, 0.1) is 0 Å². The Morgan fingerprint density at radius 1 is 1.11 bits per heavy atom. The molecule has 0 aromatic heterocycles. The molecular weight excluding hydrogens is 232 g/mol. The maximum atomic E-state index is 12.2. The second kappa shape index (κ2) is 6.07. The summed E-state index contributed by atoms with van der Waals surface area (Å²) in [7, 11) is 0. The van der Waals surface area contributed by atoms with Crippen molar-refractivity contribution >= 4 is 12.0 Å². The summed E-state index contributed by atoms with van der Waals surface area (Å²) in [5.74, 6) is -1.00. The van der Waals surface area contributed by atoms with E-state index < -0.39 is 11.5 Å². The molecule has 0 aliphatic heterocycles. The van der Waals surface area contributed by atoms with Gasteiger partial charge in [-0.1, -0.05) is 13.8 Å². The number of hydrogen-bond donors (Lipinski definition) is 2. The average Bonchev–Trinajstić information content (AvgIpc) is 2.23. The summed E-state index contributed by atoms with van der Waals surface area (Å²) >= 11 is 0. The minimum absolute atomic E-state index is 0.293. The molecule has 0 fully saturated rings. The molecule has 0 aromatic rings. The van der Waals surface area contributed by atoms with Gasteiger partial charge in [-0.15, -0.1) is 0 Å². The molecule has 106 valence electrons. The molecule has 0 radical (unpaired) electrons. The van der Waals surface area contributed by atoms with Gasteiger partial charge >= 0.3 is 12.0 Å². The summed E-state index contributed by atoms with van der Waals surface area (Å²) < 4.78 is 0. The van der Waals surface area contributed by atoms with Gasteiger partial charge in [-0.25, -0.2) is 4.79 Å². The fourth-order valence-electron chi connectivity index (χ4n) is 1.50. The van der Waals surface area contributed by atoms with Crippen LogP contribution in [0.2, 0.25) is 0 Å². The monoisotopic (exact) mass is 258 g/mol. The van der Waals surface area contributed by atoms with Crippen molar-refractivity contribution in [2.24, 2.45) is 0 Å². The number of carboxylic acids is 1. The van der Waals surface area contributed by atoms with Crippen LogP contribution in [0.5, 0.6) is 0 Å². The molecule has 0 bridgehead atoms. The van der Waals surface area contributed by atoms with Crippen LogP contribution in [-0.2, 0) is 4.79 Å². The molecule has 0 rings (SSSR count). The van der Waals surface area contributed by atoms with Crippen molar-refractivity contribution in [1.29, 1.82) is 0 Å². The van der Waals surface area contributed by atoms with E-state index in [9.17, 15) is 9.59 Å². The van der Waals surface area contributed by atoms with Gasteiger partial charge in [0.15, 0.2) is 0 Å². The molecule has 0 spiro atoms. The molecule has 0 aliphatic carbocycles. The van der Waals surface area contributed by atoms with Crippen LogP contribution in [0.4, 0.5) is 4.79 Å². The van der Waals surface area contributed by atoms with E-state index in [-0.39, 0.29) is 18.1 Å². The van der Waals surface area contributed by atoms with Crippen LogP contribution in [-0.4, -0.2) is 39.6 Å². The van der Waals surface area contributed by atoms with Crippen molar-refractivity contribution in [2.75, 3.05) is 6.54 Å². The maximum Gasteiger partial charge on any atom is 0.323 e. The van der Waals surface area contributed by atoms with E-state index in [2.05, 4.69) is 5.32 Å². The zero-order valence-electron chi connectivity index (χ0n) is 12.3.